The van der Waals surface area contributed by atoms with Crippen molar-refractivity contribution in [3.05, 3.63) is 35.4 Å². The van der Waals surface area contributed by atoms with Crippen LogP contribution in [0, 0.1) is 58.0 Å². The van der Waals surface area contributed by atoms with Crippen LogP contribution in [0.15, 0.2) is 18.2 Å². The molecule has 0 spiro atoms. The molecule has 3 nitrogen and oxygen atoms in total. The molecule has 5 rings (SSSR count). The first-order valence-electron chi connectivity index (χ1n) is 14.6. The van der Waals surface area contributed by atoms with Gasteiger partial charge in [0.05, 0.1) is 23.9 Å². The largest absolute Gasteiger partial charge is 0.390 e. The van der Waals surface area contributed by atoms with E-state index in [1.807, 2.05) is 0 Å². The van der Waals surface area contributed by atoms with Crippen molar-refractivity contribution in [1.82, 2.24) is 0 Å². The lowest BCUT2D eigenvalue weighted by molar-refractivity contribution is -0.194. The first kappa shape index (κ1) is 27.5. The molecule has 2 unspecified atom stereocenters. The van der Waals surface area contributed by atoms with Gasteiger partial charge in [-0.15, -0.1) is 0 Å². The highest BCUT2D eigenvalue weighted by atomic mass is 19.1. The number of aliphatic hydroxyl groups excluding tert-OH is 3. The Labute approximate surface area is 219 Å². The van der Waals surface area contributed by atoms with Crippen LogP contribution < -0.4 is 0 Å². The summed E-state index contributed by atoms with van der Waals surface area (Å²) in [5, 5.41) is 31.5. The molecule has 0 amide bonds. The fourth-order valence-corrected chi connectivity index (χ4v) is 9.99. The summed E-state index contributed by atoms with van der Waals surface area (Å²) in [5.41, 5.74) is -0.286. The van der Waals surface area contributed by atoms with E-state index < -0.39 is 36.1 Å². The maximum absolute atomic E-state index is 15.9. The summed E-state index contributed by atoms with van der Waals surface area (Å²) >= 11 is 0. The number of hydrogen-bond acceptors (Lipinski definition) is 3. The number of hydrogen-bond donors (Lipinski definition) is 3. The molecule has 4 aliphatic carbocycles. The SMILES string of the molecule is C[C@H](CCCC(O)c1c(F)cccc1F)[C@H]1CC[C@H]2[C@@H]3C(F)C[C@H]4[C@@H](O)[C@@H](O)CC[C@]4(C)[C@H]3CC[C@]12C. The van der Waals surface area contributed by atoms with Crippen molar-refractivity contribution in [1.29, 1.82) is 0 Å². The topological polar surface area (TPSA) is 60.7 Å². The molecule has 6 heteroatoms. The summed E-state index contributed by atoms with van der Waals surface area (Å²) < 4.78 is 44.0. The van der Waals surface area contributed by atoms with E-state index in [9.17, 15) is 24.1 Å². The summed E-state index contributed by atoms with van der Waals surface area (Å²) in [6.45, 7) is 6.87. The van der Waals surface area contributed by atoms with Gasteiger partial charge < -0.3 is 15.3 Å². The van der Waals surface area contributed by atoms with Gasteiger partial charge in [-0.1, -0.05) is 39.7 Å². The van der Waals surface area contributed by atoms with Crippen LogP contribution in [0.1, 0.15) is 96.6 Å². The van der Waals surface area contributed by atoms with Crippen molar-refractivity contribution >= 4 is 0 Å². The molecule has 3 N–H and O–H groups in total. The Hall–Kier alpha value is -1.11. The lowest BCUT2D eigenvalue weighted by atomic mass is 9.43. The molecule has 0 aliphatic heterocycles. The van der Waals surface area contributed by atoms with Gasteiger partial charge in [0.15, 0.2) is 0 Å². The minimum absolute atomic E-state index is 0.0190. The third kappa shape index (κ3) is 4.47. The highest BCUT2D eigenvalue weighted by Gasteiger charge is 2.64. The maximum Gasteiger partial charge on any atom is 0.131 e. The van der Waals surface area contributed by atoms with E-state index in [1.165, 1.54) is 18.2 Å². The van der Waals surface area contributed by atoms with Gasteiger partial charge in [0.1, 0.15) is 17.8 Å². The molecule has 0 aromatic heterocycles. The van der Waals surface area contributed by atoms with Gasteiger partial charge in [-0.2, -0.15) is 0 Å². The van der Waals surface area contributed by atoms with Crippen molar-refractivity contribution < 1.29 is 28.5 Å². The third-order valence-corrected chi connectivity index (χ3v) is 11.9. The van der Waals surface area contributed by atoms with Gasteiger partial charge >= 0.3 is 0 Å². The average molecular weight is 523 g/mol. The zero-order chi connectivity index (χ0) is 26.7. The minimum Gasteiger partial charge on any atom is -0.390 e. The van der Waals surface area contributed by atoms with Crippen LogP contribution in [0.3, 0.4) is 0 Å². The Morgan fingerprint density at radius 1 is 0.919 bits per heavy atom. The standard InChI is InChI=1S/C31H45F3O3/c1-17(6-4-9-25(35)28-22(32)7-5-8-23(28)33)18-10-11-19-27-20(12-14-30(18,19)2)31(3)15-13-26(36)29(37)21(31)16-24(27)34/h5,7-8,17-21,24-27,29,35-37H,4,6,9-16H2,1-3H3/t17-,18-,19+,20+,21+,24?,25?,26+,27+,29-,30-,31-/m1/s1. The number of rotatable bonds is 6. The molecule has 0 saturated heterocycles. The summed E-state index contributed by atoms with van der Waals surface area (Å²) in [7, 11) is 0. The van der Waals surface area contributed by atoms with E-state index >= 15 is 4.39 Å². The van der Waals surface area contributed by atoms with Crippen LogP contribution in [0.25, 0.3) is 0 Å². The van der Waals surface area contributed by atoms with Gasteiger partial charge in [0.25, 0.3) is 0 Å². The Kier molecular flexibility index (Phi) is 7.52. The first-order chi connectivity index (χ1) is 17.5. The Morgan fingerprint density at radius 2 is 1.57 bits per heavy atom. The monoisotopic (exact) mass is 522 g/mol. The zero-order valence-electron chi connectivity index (χ0n) is 22.6. The predicted octanol–water partition coefficient (Wildman–Crippen LogP) is 6.74. The van der Waals surface area contributed by atoms with Gasteiger partial charge in [-0.25, -0.2) is 13.2 Å². The Bertz CT molecular complexity index is 953. The van der Waals surface area contributed by atoms with Gasteiger partial charge in [0.2, 0.25) is 0 Å². The molecule has 208 valence electrons. The van der Waals surface area contributed by atoms with Crippen LogP contribution in [0.2, 0.25) is 0 Å². The van der Waals surface area contributed by atoms with Gasteiger partial charge in [-0.05, 0) is 110 Å². The van der Waals surface area contributed by atoms with E-state index in [0.29, 0.717) is 43.4 Å². The van der Waals surface area contributed by atoms with E-state index in [2.05, 4.69) is 20.8 Å². The quantitative estimate of drug-likeness (QED) is 0.388. The first-order valence-corrected chi connectivity index (χ1v) is 14.6. The lowest BCUT2D eigenvalue weighted by Gasteiger charge is -2.62. The van der Waals surface area contributed by atoms with Gasteiger partial charge in [0, 0.05) is 0 Å². The summed E-state index contributed by atoms with van der Waals surface area (Å²) in [4.78, 5) is 0. The fraction of sp³-hybridized carbons (Fsp3) is 0.806. The highest BCUT2D eigenvalue weighted by Crippen LogP contribution is 2.68. The molecule has 12 atom stereocenters. The van der Waals surface area contributed by atoms with Crippen molar-refractivity contribution in [2.75, 3.05) is 0 Å². The summed E-state index contributed by atoms with van der Waals surface area (Å²) in [5.74, 6) is -0.113. The Balaban J connectivity index is 1.25. The second-order valence-corrected chi connectivity index (χ2v) is 13.5. The lowest BCUT2D eigenvalue weighted by Crippen LogP contribution is -2.61. The number of aliphatic hydroxyl groups is 3. The molecule has 4 aliphatic rings. The molecule has 0 bridgehead atoms. The maximum atomic E-state index is 15.9. The smallest absolute Gasteiger partial charge is 0.131 e. The molecule has 1 aromatic carbocycles. The fourth-order valence-electron chi connectivity index (χ4n) is 9.99. The molecular weight excluding hydrogens is 477 g/mol. The van der Waals surface area contributed by atoms with Crippen LogP contribution in [-0.2, 0) is 0 Å². The number of alkyl halides is 1. The molecule has 37 heavy (non-hydrogen) atoms. The average Bonchev–Trinajstić information content (AvgIpc) is 3.20. The molecule has 0 heterocycles. The Morgan fingerprint density at radius 3 is 2.27 bits per heavy atom. The summed E-state index contributed by atoms with van der Waals surface area (Å²) in [6, 6.07) is 3.67. The van der Waals surface area contributed by atoms with Crippen LogP contribution in [-0.4, -0.2) is 33.7 Å². The van der Waals surface area contributed by atoms with Crippen molar-refractivity contribution in [2.45, 2.75) is 109 Å². The van der Waals surface area contributed by atoms with E-state index in [-0.39, 0.29) is 34.1 Å². The van der Waals surface area contributed by atoms with Crippen molar-refractivity contribution in [2.24, 2.45) is 46.3 Å². The van der Waals surface area contributed by atoms with Crippen LogP contribution in [0.5, 0.6) is 0 Å². The van der Waals surface area contributed by atoms with Crippen molar-refractivity contribution in [3.8, 4) is 0 Å². The number of halogens is 3. The summed E-state index contributed by atoms with van der Waals surface area (Å²) in [6.07, 6.45) is 4.18. The molecule has 1 aromatic rings. The highest BCUT2D eigenvalue weighted by molar-refractivity contribution is 5.22. The van der Waals surface area contributed by atoms with E-state index in [0.717, 1.165) is 38.5 Å². The third-order valence-electron chi connectivity index (χ3n) is 11.9. The normalized spacial score (nSPS) is 45.0. The van der Waals surface area contributed by atoms with Crippen LogP contribution >= 0.6 is 0 Å². The molecular formula is C31H45F3O3. The number of fused-ring (bicyclic) bond motifs is 5. The van der Waals surface area contributed by atoms with E-state index in [1.54, 1.807) is 0 Å². The number of benzene rings is 1. The second-order valence-electron chi connectivity index (χ2n) is 13.5. The molecule has 4 fully saturated rings. The predicted molar refractivity (Wildman–Crippen MR) is 137 cm³/mol. The minimum atomic E-state index is -1.15. The van der Waals surface area contributed by atoms with Crippen LogP contribution in [0.4, 0.5) is 13.2 Å². The van der Waals surface area contributed by atoms with Gasteiger partial charge in [-0.3, -0.25) is 0 Å². The second kappa shape index (κ2) is 10.1. The van der Waals surface area contributed by atoms with E-state index in [4.69, 9.17) is 0 Å². The zero-order valence-corrected chi connectivity index (χ0v) is 22.6. The molecule has 4 saturated carbocycles. The van der Waals surface area contributed by atoms with Crippen molar-refractivity contribution in [3.63, 3.8) is 0 Å². The molecule has 0 radical (unpaired) electrons.